The summed E-state index contributed by atoms with van der Waals surface area (Å²) >= 11 is 0. The molecule has 6 nitrogen and oxygen atoms in total. The van der Waals surface area contributed by atoms with Crippen molar-refractivity contribution in [2.75, 3.05) is 19.0 Å². The van der Waals surface area contributed by atoms with E-state index < -0.39 is 0 Å². The molecule has 2 aromatic rings. The Labute approximate surface area is 151 Å². The quantitative estimate of drug-likeness (QED) is 0.610. The van der Waals surface area contributed by atoms with E-state index in [1.165, 1.54) is 20.1 Å². The summed E-state index contributed by atoms with van der Waals surface area (Å²) in [5.41, 5.74) is 1.93. The predicted octanol–water partition coefficient (Wildman–Crippen LogP) is 3.45. The first-order valence-corrected chi connectivity index (χ1v) is 7.81. The molecule has 26 heavy (non-hydrogen) atoms. The van der Waals surface area contributed by atoms with E-state index in [0.717, 1.165) is 5.56 Å². The van der Waals surface area contributed by atoms with Gasteiger partial charge in [0, 0.05) is 17.3 Å². The number of carbonyl (C=O) groups excluding carboxylic acids is 2. The molecular weight excluding hydrogens is 332 g/mol. The van der Waals surface area contributed by atoms with Crippen molar-refractivity contribution in [2.24, 2.45) is 0 Å². The fraction of sp³-hybridized carbons (Fsp3) is 0.150. The molecule has 0 bridgehead atoms. The number of carbonyl (C=O) groups is 2. The normalized spacial score (nSPS) is 10.2. The van der Waals surface area contributed by atoms with Gasteiger partial charge in [0.15, 0.2) is 23.9 Å². The van der Waals surface area contributed by atoms with Crippen molar-refractivity contribution >= 4 is 23.5 Å². The average molecular weight is 350 g/mol. The van der Waals surface area contributed by atoms with Crippen LogP contribution < -0.4 is 14.8 Å². The largest absolute Gasteiger partial charge is 0.493 e. The van der Waals surface area contributed by atoms with Crippen molar-refractivity contribution in [3.8, 4) is 17.6 Å². The fourth-order valence-corrected chi connectivity index (χ4v) is 2.16. The fourth-order valence-electron chi connectivity index (χ4n) is 2.16. The molecule has 0 fully saturated rings. The molecule has 0 saturated heterocycles. The summed E-state index contributed by atoms with van der Waals surface area (Å²) in [5, 5.41) is 11.3. The number of amides is 1. The zero-order valence-corrected chi connectivity index (χ0v) is 14.5. The molecule has 0 saturated carbocycles. The standard InChI is InChI=1S/C20H18N2O4/c1-14(23)16-5-7-17(8-6-16)22-20(24)10-4-15-3-9-18(26-12-11-21)19(13-15)25-2/h3-10,13H,12H2,1-2H3,(H,22,24). The third-order valence-corrected chi connectivity index (χ3v) is 3.47. The number of nitrogens with one attached hydrogen (secondary N) is 1. The first-order chi connectivity index (χ1) is 12.5. The molecule has 2 aromatic carbocycles. The van der Waals surface area contributed by atoms with E-state index in [0.29, 0.717) is 22.7 Å². The van der Waals surface area contributed by atoms with Gasteiger partial charge in [-0.3, -0.25) is 9.59 Å². The lowest BCUT2D eigenvalue weighted by Crippen LogP contribution is -2.07. The number of nitrogens with zero attached hydrogens (tertiary/aromatic N) is 1. The number of nitriles is 1. The van der Waals surface area contributed by atoms with Crippen LogP contribution in [0.4, 0.5) is 5.69 Å². The van der Waals surface area contributed by atoms with E-state index in [9.17, 15) is 9.59 Å². The van der Waals surface area contributed by atoms with Crippen molar-refractivity contribution in [1.29, 1.82) is 5.26 Å². The highest BCUT2D eigenvalue weighted by Crippen LogP contribution is 2.28. The van der Waals surface area contributed by atoms with Gasteiger partial charge in [-0.25, -0.2) is 0 Å². The first-order valence-electron chi connectivity index (χ1n) is 7.81. The minimum absolute atomic E-state index is 0.0288. The summed E-state index contributed by atoms with van der Waals surface area (Å²) in [4.78, 5) is 23.2. The van der Waals surface area contributed by atoms with Crippen LogP contribution in [-0.2, 0) is 4.79 Å². The summed E-state index contributed by atoms with van der Waals surface area (Å²) in [5.74, 6) is 0.604. The Hall–Kier alpha value is -3.59. The SMILES string of the molecule is COc1cc(C=CC(=O)Nc2ccc(C(C)=O)cc2)ccc1OCC#N. The number of hydrogen-bond acceptors (Lipinski definition) is 5. The van der Waals surface area contributed by atoms with E-state index >= 15 is 0 Å². The minimum atomic E-state index is -0.302. The Bertz CT molecular complexity index is 864. The molecule has 2 rings (SSSR count). The van der Waals surface area contributed by atoms with Crippen molar-refractivity contribution in [2.45, 2.75) is 6.92 Å². The molecule has 0 heterocycles. The third-order valence-electron chi connectivity index (χ3n) is 3.47. The van der Waals surface area contributed by atoms with E-state index in [-0.39, 0.29) is 18.3 Å². The Morgan fingerprint density at radius 3 is 2.50 bits per heavy atom. The van der Waals surface area contributed by atoms with E-state index in [4.69, 9.17) is 14.7 Å². The van der Waals surface area contributed by atoms with Gasteiger partial charge in [-0.15, -0.1) is 0 Å². The second-order valence-corrected chi connectivity index (χ2v) is 5.31. The van der Waals surface area contributed by atoms with Crippen LogP contribution in [0.25, 0.3) is 6.08 Å². The van der Waals surface area contributed by atoms with Gasteiger partial charge < -0.3 is 14.8 Å². The van der Waals surface area contributed by atoms with Crippen LogP contribution in [0.3, 0.4) is 0 Å². The van der Waals surface area contributed by atoms with Crippen molar-refractivity contribution < 1.29 is 19.1 Å². The van der Waals surface area contributed by atoms with Crippen molar-refractivity contribution in [3.05, 3.63) is 59.7 Å². The monoisotopic (exact) mass is 350 g/mol. The first kappa shape index (κ1) is 18.7. The molecule has 0 aromatic heterocycles. The molecule has 0 aliphatic heterocycles. The Morgan fingerprint density at radius 1 is 1.15 bits per heavy atom. The number of benzene rings is 2. The average Bonchev–Trinajstić information content (AvgIpc) is 2.65. The van der Waals surface area contributed by atoms with Crippen LogP contribution >= 0.6 is 0 Å². The van der Waals surface area contributed by atoms with Gasteiger partial charge in [-0.05, 0) is 55.0 Å². The maximum atomic E-state index is 12.0. The molecule has 0 aliphatic rings. The Kier molecular flexibility index (Phi) is 6.52. The number of hydrogen-bond donors (Lipinski definition) is 1. The molecule has 1 N–H and O–H groups in total. The molecule has 6 heteroatoms. The zero-order chi connectivity index (χ0) is 18.9. The summed E-state index contributed by atoms with van der Waals surface area (Å²) in [6.07, 6.45) is 3.03. The minimum Gasteiger partial charge on any atom is -0.493 e. The van der Waals surface area contributed by atoms with Crippen LogP contribution in [0.5, 0.6) is 11.5 Å². The van der Waals surface area contributed by atoms with Gasteiger partial charge >= 0.3 is 0 Å². The summed E-state index contributed by atoms with van der Waals surface area (Å²) < 4.78 is 10.5. The van der Waals surface area contributed by atoms with Crippen molar-refractivity contribution in [1.82, 2.24) is 0 Å². The van der Waals surface area contributed by atoms with Gasteiger partial charge in [-0.2, -0.15) is 5.26 Å². The maximum absolute atomic E-state index is 12.0. The topological polar surface area (TPSA) is 88.4 Å². The number of Topliss-reactive ketones (excluding diaryl/α,β-unsaturated/α-hetero) is 1. The van der Waals surface area contributed by atoms with Crippen LogP contribution in [0, 0.1) is 11.3 Å². The summed E-state index contributed by atoms with van der Waals surface area (Å²) in [7, 11) is 1.50. The van der Waals surface area contributed by atoms with E-state index in [1.807, 2.05) is 6.07 Å². The van der Waals surface area contributed by atoms with Crippen LogP contribution in [0.15, 0.2) is 48.5 Å². The van der Waals surface area contributed by atoms with E-state index in [2.05, 4.69) is 5.32 Å². The lowest BCUT2D eigenvalue weighted by atomic mass is 10.1. The number of anilines is 1. The van der Waals surface area contributed by atoms with Gasteiger partial charge in [0.2, 0.25) is 5.91 Å². The lowest BCUT2D eigenvalue weighted by molar-refractivity contribution is -0.111. The molecule has 0 radical (unpaired) electrons. The van der Waals surface area contributed by atoms with Gasteiger partial charge in [0.1, 0.15) is 6.07 Å². The van der Waals surface area contributed by atoms with Gasteiger partial charge in [0.05, 0.1) is 7.11 Å². The van der Waals surface area contributed by atoms with Gasteiger partial charge in [-0.1, -0.05) is 6.07 Å². The molecular formula is C20H18N2O4. The van der Waals surface area contributed by atoms with Crippen molar-refractivity contribution in [3.63, 3.8) is 0 Å². The molecule has 0 unspecified atom stereocenters. The van der Waals surface area contributed by atoms with Crippen LogP contribution in [0.2, 0.25) is 0 Å². The highest BCUT2D eigenvalue weighted by molar-refractivity contribution is 6.02. The molecule has 0 atom stereocenters. The number of rotatable bonds is 7. The maximum Gasteiger partial charge on any atom is 0.248 e. The lowest BCUT2D eigenvalue weighted by Gasteiger charge is -2.08. The number of ketones is 1. The Morgan fingerprint density at radius 2 is 1.88 bits per heavy atom. The summed E-state index contributed by atoms with van der Waals surface area (Å²) in [6, 6.07) is 13.7. The molecule has 132 valence electrons. The predicted molar refractivity (Wildman–Crippen MR) is 98.2 cm³/mol. The van der Waals surface area contributed by atoms with E-state index in [1.54, 1.807) is 48.5 Å². The Balaban J connectivity index is 2.03. The highest BCUT2D eigenvalue weighted by Gasteiger charge is 2.05. The highest BCUT2D eigenvalue weighted by atomic mass is 16.5. The molecule has 0 spiro atoms. The number of methoxy groups -OCH3 is 1. The molecule has 0 aliphatic carbocycles. The second-order valence-electron chi connectivity index (χ2n) is 5.31. The molecule has 1 amide bonds. The second kappa shape index (κ2) is 9.04. The van der Waals surface area contributed by atoms with Crippen LogP contribution in [-0.4, -0.2) is 25.4 Å². The smallest absolute Gasteiger partial charge is 0.248 e. The third kappa shape index (κ3) is 5.21. The van der Waals surface area contributed by atoms with Crippen LogP contribution in [0.1, 0.15) is 22.8 Å². The number of ether oxygens (including phenoxy) is 2. The summed E-state index contributed by atoms with van der Waals surface area (Å²) in [6.45, 7) is 1.41. The zero-order valence-electron chi connectivity index (χ0n) is 14.5. The van der Waals surface area contributed by atoms with Gasteiger partial charge in [0.25, 0.3) is 0 Å².